The maximum atomic E-state index is 14.4. The summed E-state index contributed by atoms with van der Waals surface area (Å²) in [6.45, 7) is 6.21. The van der Waals surface area contributed by atoms with Gasteiger partial charge in [0.15, 0.2) is 17.3 Å². The highest BCUT2D eigenvalue weighted by Gasteiger charge is 2.45. The van der Waals surface area contributed by atoms with Gasteiger partial charge in [-0.15, -0.1) is 0 Å². The van der Waals surface area contributed by atoms with Gasteiger partial charge in [-0.05, 0) is 50.3 Å². The van der Waals surface area contributed by atoms with Crippen molar-refractivity contribution in [2.75, 3.05) is 13.7 Å². The van der Waals surface area contributed by atoms with Crippen molar-refractivity contribution in [2.24, 2.45) is 5.41 Å². The van der Waals surface area contributed by atoms with Gasteiger partial charge >= 0.3 is 5.97 Å². The normalized spacial score (nSPS) is 20.8. The first kappa shape index (κ1) is 23.4. The first-order chi connectivity index (χ1) is 16.6. The van der Waals surface area contributed by atoms with Gasteiger partial charge < -0.3 is 14.4 Å². The number of carboxylic acids is 1. The van der Waals surface area contributed by atoms with Crippen molar-refractivity contribution in [1.29, 1.82) is 0 Å². The van der Waals surface area contributed by atoms with Gasteiger partial charge in [0.1, 0.15) is 0 Å². The van der Waals surface area contributed by atoms with E-state index in [9.17, 15) is 18.7 Å². The summed E-state index contributed by atoms with van der Waals surface area (Å²) in [4.78, 5) is 17.0. The third-order valence-electron chi connectivity index (χ3n) is 7.35. The van der Waals surface area contributed by atoms with Crippen molar-refractivity contribution in [3.8, 4) is 5.69 Å². The molecule has 1 aliphatic rings. The Hall–Kier alpha value is -3.33. The SMILES string of the molecule is COCC(C)(C)c1c([C@@H]2CC[C@@](C)(C(=O)O)C2)c2nc3[nH]ncc3cc2n1-c1ccc(F)c(F)c1. The first-order valence-electron chi connectivity index (χ1n) is 11.6. The predicted octanol–water partition coefficient (Wildman–Crippen LogP) is 5.46. The number of pyridine rings is 1. The number of methoxy groups -OCH3 is 1. The van der Waals surface area contributed by atoms with Gasteiger partial charge in [-0.2, -0.15) is 5.10 Å². The lowest BCUT2D eigenvalue weighted by atomic mass is 9.81. The van der Waals surface area contributed by atoms with Crippen molar-refractivity contribution >= 4 is 28.0 Å². The number of halogens is 2. The molecule has 0 amide bonds. The number of carboxylic acid groups (broad SMARTS) is 1. The summed E-state index contributed by atoms with van der Waals surface area (Å²) in [5, 5.41) is 17.7. The molecule has 0 bridgehead atoms. The Kier molecular flexibility index (Phi) is 5.43. The zero-order valence-electron chi connectivity index (χ0n) is 20.2. The molecule has 3 heterocycles. The van der Waals surface area contributed by atoms with E-state index in [4.69, 9.17) is 9.72 Å². The highest BCUT2D eigenvalue weighted by molar-refractivity contribution is 5.94. The minimum Gasteiger partial charge on any atom is -0.481 e. The Morgan fingerprint density at radius 3 is 2.74 bits per heavy atom. The van der Waals surface area contributed by atoms with Crippen LogP contribution in [0, 0.1) is 17.0 Å². The fourth-order valence-electron chi connectivity index (χ4n) is 5.65. The Morgan fingerprint density at radius 2 is 2.09 bits per heavy atom. The highest BCUT2D eigenvalue weighted by atomic mass is 19.2. The van der Waals surface area contributed by atoms with Crippen molar-refractivity contribution in [3.05, 3.63) is 53.4 Å². The van der Waals surface area contributed by atoms with Gasteiger partial charge in [0.2, 0.25) is 0 Å². The number of aliphatic carboxylic acids is 1. The van der Waals surface area contributed by atoms with Crippen LogP contribution in [0.3, 0.4) is 0 Å². The number of H-pyrrole nitrogens is 1. The minimum absolute atomic E-state index is 0.0795. The van der Waals surface area contributed by atoms with Gasteiger partial charge in [0.25, 0.3) is 0 Å². The summed E-state index contributed by atoms with van der Waals surface area (Å²) in [6, 6.07) is 5.78. The number of ether oxygens (including phenoxy) is 1. The van der Waals surface area contributed by atoms with Gasteiger partial charge in [-0.25, -0.2) is 13.8 Å². The molecule has 1 aliphatic carbocycles. The number of rotatable bonds is 6. The summed E-state index contributed by atoms with van der Waals surface area (Å²) in [6.07, 6.45) is 3.35. The molecule has 7 nitrogen and oxygen atoms in total. The molecule has 1 saturated carbocycles. The second-order valence-electron chi connectivity index (χ2n) is 10.5. The quantitative estimate of drug-likeness (QED) is 0.381. The number of fused-ring (bicyclic) bond motifs is 2. The van der Waals surface area contributed by atoms with Crippen molar-refractivity contribution in [1.82, 2.24) is 19.7 Å². The Balaban J connectivity index is 1.88. The molecule has 0 saturated heterocycles. The second kappa shape index (κ2) is 8.12. The van der Waals surface area contributed by atoms with Crippen LogP contribution in [0.15, 0.2) is 30.5 Å². The number of aromatic nitrogens is 4. The molecule has 2 atom stereocenters. The molecule has 0 radical (unpaired) electrons. The third-order valence-corrected chi connectivity index (χ3v) is 7.35. The van der Waals surface area contributed by atoms with Crippen molar-refractivity contribution in [2.45, 2.75) is 51.4 Å². The Labute approximate surface area is 201 Å². The Bertz CT molecular complexity index is 1460. The van der Waals surface area contributed by atoms with E-state index in [1.807, 2.05) is 24.5 Å². The molecular formula is C26H28F2N4O3. The number of hydrogen-bond acceptors (Lipinski definition) is 4. The van der Waals surface area contributed by atoms with E-state index in [0.717, 1.165) is 28.2 Å². The molecule has 184 valence electrons. The number of carbonyl (C=O) groups is 1. The van der Waals surface area contributed by atoms with Crippen LogP contribution in [-0.2, 0) is 14.9 Å². The van der Waals surface area contributed by atoms with Crippen molar-refractivity contribution in [3.63, 3.8) is 0 Å². The monoisotopic (exact) mass is 482 g/mol. The zero-order chi connectivity index (χ0) is 25.1. The lowest BCUT2D eigenvalue weighted by Crippen LogP contribution is -2.29. The lowest BCUT2D eigenvalue weighted by Gasteiger charge is -2.29. The van der Waals surface area contributed by atoms with E-state index in [1.165, 1.54) is 6.07 Å². The molecule has 0 unspecified atom stereocenters. The van der Waals surface area contributed by atoms with Gasteiger partial charge in [0, 0.05) is 40.9 Å². The summed E-state index contributed by atoms with van der Waals surface area (Å²) in [7, 11) is 1.62. The molecule has 4 aromatic rings. The number of nitrogens with one attached hydrogen (secondary N) is 1. The molecule has 9 heteroatoms. The molecule has 5 rings (SSSR count). The minimum atomic E-state index is -0.946. The fraction of sp³-hybridized carbons (Fsp3) is 0.423. The zero-order valence-corrected chi connectivity index (χ0v) is 20.2. The summed E-state index contributed by atoms with van der Waals surface area (Å²) in [5.74, 6) is -2.76. The second-order valence-corrected chi connectivity index (χ2v) is 10.5. The molecule has 35 heavy (non-hydrogen) atoms. The number of benzene rings is 1. The molecular weight excluding hydrogens is 454 g/mol. The van der Waals surface area contributed by atoms with Gasteiger partial charge in [0.05, 0.1) is 29.3 Å². The predicted molar refractivity (Wildman–Crippen MR) is 128 cm³/mol. The molecule has 2 N–H and O–H groups in total. The maximum absolute atomic E-state index is 14.4. The maximum Gasteiger partial charge on any atom is 0.309 e. The van der Waals surface area contributed by atoms with E-state index in [-0.39, 0.29) is 5.92 Å². The lowest BCUT2D eigenvalue weighted by molar-refractivity contribution is -0.147. The van der Waals surface area contributed by atoms with E-state index < -0.39 is 28.4 Å². The van der Waals surface area contributed by atoms with Crippen molar-refractivity contribution < 1.29 is 23.4 Å². The fourth-order valence-corrected chi connectivity index (χ4v) is 5.65. The number of hydrogen-bond donors (Lipinski definition) is 2. The first-order valence-corrected chi connectivity index (χ1v) is 11.6. The standard InChI is InChI=1S/C26H28F2N4O3/c1-25(2,13-35-4)22-20(14-7-8-26(3,11-14)24(33)34)21-19(9-15-12-29-31-23(15)30-21)32(22)16-5-6-17(27)18(28)10-16/h5-6,9-10,12,14H,7-8,11,13H2,1-4H3,(H,33,34)(H,29,30,31)/t14-,26-/m1/s1. The average molecular weight is 483 g/mol. The summed E-state index contributed by atoms with van der Waals surface area (Å²) >= 11 is 0. The smallest absolute Gasteiger partial charge is 0.309 e. The summed E-state index contributed by atoms with van der Waals surface area (Å²) in [5.41, 5.74) is 2.87. The molecule has 1 aromatic carbocycles. The van der Waals surface area contributed by atoms with E-state index in [1.54, 1.807) is 26.3 Å². The summed E-state index contributed by atoms with van der Waals surface area (Å²) < 4.78 is 35.8. The van der Waals surface area contributed by atoms with Crippen LogP contribution >= 0.6 is 0 Å². The van der Waals surface area contributed by atoms with Crippen LogP contribution in [0.25, 0.3) is 27.8 Å². The topological polar surface area (TPSA) is 93.0 Å². The van der Waals surface area contributed by atoms with Crippen LogP contribution in [-0.4, -0.2) is 44.5 Å². The third kappa shape index (κ3) is 3.69. The van der Waals surface area contributed by atoms with E-state index in [2.05, 4.69) is 10.2 Å². The molecule has 3 aromatic heterocycles. The van der Waals surface area contributed by atoms with Gasteiger partial charge in [-0.1, -0.05) is 13.8 Å². The molecule has 0 spiro atoms. The number of aromatic amines is 1. The van der Waals surface area contributed by atoms with Crippen LogP contribution in [0.5, 0.6) is 0 Å². The van der Waals surface area contributed by atoms with Crippen LogP contribution in [0.2, 0.25) is 0 Å². The van der Waals surface area contributed by atoms with Crippen LogP contribution < -0.4 is 0 Å². The molecule has 0 aliphatic heterocycles. The molecule has 1 fully saturated rings. The van der Waals surface area contributed by atoms with Gasteiger partial charge in [-0.3, -0.25) is 9.89 Å². The van der Waals surface area contributed by atoms with Crippen LogP contribution in [0.1, 0.15) is 57.2 Å². The average Bonchev–Trinajstić information content (AvgIpc) is 3.50. The van der Waals surface area contributed by atoms with E-state index in [0.29, 0.717) is 42.7 Å². The number of nitrogens with zero attached hydrogens (tertiary/aromatic N) is 3. The largest absolute Gasteiger partial charge is 0.481 e. The van der Waals surface area contributed by atoms with Crippen LogP contribution in [0.4, 0.5) is 8.78 Å². The highest BCUT2D eigenvalue weighted by Crippen LogP contribution is 2.51. The Morgan fingerprint density at radius 1 is 1.31 bits per heavy atom. The van der Waals surface area contributed by atoms with E-state index >= 15 is 0 Å².